The Bertz CT molecular complexity index is 466. The van der Waals surface area contributed by atoms with Crippen molar-refractivity contribution < 1.29 is 9.59 Å². The van der Waals surface area contributed by atoms with Gasteiger partial charge in [-0.15, -0.1) is 0 Å². The van der Waals surface area contributed by atoms with Gasteiger partial charge in [0.25, 0.3) is 0 Å². The predicted octanol–water partition coefficient (Wildman–Crippen LogP) is 1.19. The zero-order valence-electron chi connectivity index (χ0n) is 7.36. The summed E-state index contributed by atoms with van der Waals surface area (Å²) in [5, 5.41) is 0. The molecule has 1 heterocycles. The highest BCUT2D eigenvalue weighted by Gasteiger charge is 2.23. The number of fused-ring (bicyclic) bond motifs is 1. The summed E-state index contributed by atoms with van der Waals surface area (Å²) in [4.78, 5) is 23.1. The van der Waals surface area contributed by atoms with Crippen molar-refractivity contribution in [3.8, 4) is 0 Å². The minimum atomic E-state index is 0.0598. The number of nitrogens with zero attached hydrogens (tertiary/aromatic N) is 1. The molecular formula is C11H7NO2. The fourth-order valence-electron chi connectivity index (χ4n) is 1.50. The molecule has 14 heavy (non-hydrogen) atoms. The van der Waals surface area contributed by atoms with Crippen LogP contribution >= 0.6 is 0 Å². The second kappa shape index (κ2) is 3.35. The number of benzene rings is 1. The Balaban J connectivity index is 2.49. The quantitative estimate of drug-likeness (QED) is 0.487. The van der Waals surface area contributed by atoms with Crippen LogP contribution in [0, 0.1) is 0 Å². The summed E-state index contributed by atoms with van der Waals surface area (Å²) in [7, 11) is 0. The van der Waals surface area contributed by atoms with Gasteiger partial charge in [0, 0.05) is 5.56 Å². The van der Waals surface area contributed by atoms with Gasteiger partial charge in [-0.1, -0.05) is 12.1 Å². The van der Waals surface area contributed by atoms with E-state index in [0.717, 1.165) is 5.69 Å². The molecule has 0 fully saturated rings. The molecule has 0 aromatic heterocycles. The van der Waals surface area contributed by atoms with Crippen molar-refractivity contribution >= 4 is 17.4 Å². The van der Waals surface area contributed by atoms with Crippen LogP contribution in [-0.2, 0) is 4.79 Å². The molecule has 0 atom stereocenters. The zero-order valence-corrected chi connectivity index (χ0v) is 7.36. The monoisotopic (exact) mass is 185 g/mol. The van der Waals surface area contributed by atoms with Gasteiger partial charge in [-0.2, -0.15) is 0 Å². The molecule has 3 nitrogen and oxygen atoms in total. The van der Waals surface area contributed by atoms with Gasteiger partial charge < -0.3 is 4.90 Å². The Hall–Kier alpha value is -2.08. The number of carbonyl (C=O) groups excluding carboxylic acids is 2. The number of para-hydroxylation sites is 1. The highest BCUT2D eigenvalue weighted by molar-refractivity contribution is 6.08. The number of ketones is 1. The van der Waals surface area contributed by atoms with Crippen LogP contribution in [-0.4, -0.2) is 18.3 Å². The van der Waals surface area contributed by atoms with Crippen LogP contribution in [0.1, 0.15) is 10.4 Å². The van der Waals surface area contributed by atoms with Crippen molar-refractivity contribution in [2.24, 2.45) is 0 Å². The SMILES string of the molecule is O=C=C=CN1CC(=O)c2ccccc21. The average Bonchev–Trinajstić information content (AvgIpc) is 2.54. The van der Waals surface area contributed by atoms with Crippen molar-refractivity contribution in [2.45, 2.75) is 0 Å². The minimum absolute atomic E-state index is 0.0598. The van der Waals surface area contributed by atoms with Gasteiger partial charge in [0.15, 0.2) is 11.7 Å². The van der Waals surface area contributed by atoms with Gasteiger partial charge in [0.2, 0.25) is 0 Å². The highest BCUT2D eigenvalue weighted by Crippen LogP contribution is 2.27. The first kappa shape index (κ1) is 8.52. The van der Waals surface area contributed by atoms with Gasteiger partial charge in [0.1, 0.15) is 0 Å². The first-order chi connectivity index (χ1) is 6.83. The topological polar surface area (TPSA) is 37.4 Å². The molecule has 0 radical (unpaired) electrons. The minimum Gasteiger partial charge on any atom is -0.332 e. The van der Waals surface area contributed by atoms with Gasteiger partial charge in [-0.25, -0.2) is 4.79 Å². The molecule has 1 aromatic rings. The molecule has 0 unspecified atom stereocenters. The third kappa shape index (κ3) is 1.27. The predicted molar refractivity (Wildman–Crippen MR) is 51.9 cm³/mol. The Morgan fingerprint density at radius 2 is 2.14 bits per heavy atom. The van der Waals surface area contributed by atoms with Crippen molar-refractivity contribution in [3.63, 3.8) is 0 Å². The Morgan fingerprint density at radius 3 is 2.93 bits per heavy atom. The maximum Gasteiger partial charge on any atom is 0.184 e. The molecule has 0 amide bonds. The summed E-state index contributed by atoms with van der Waals surface area (Å²) in [5.74, 6) is 1.59. The summed E-state index contributed by atoms with van der Waals surface area (Å²) in [6.07, 6.45) is 1.44. The first-order valence-corrected chi connectivity index (χ1v) is 4.18. The maximum atomic E-state index is 11.5. The normalized spacial score (nSPS) is 13.1. The number of hydrogen-bond acceptors (Lipinski definition) is 3. The second-order valence-electron chi connectivity index (χ2n) is 2.94. The third-order valence-electron chi connectivity index (χ3n) is 2.11. The molecule has 1 aromatic carbocycles. The van der Waals surface area contributed by atoms with Crippen LogP contribution in [0.2, 0.25) is 0 Å². The fourth-order valence-corrected chi connectivity index (χ4v) is 1.50. The number of hydrogen-bond donors (Lipinski definition) is 0. The highest BCUT2D eigenvalue weighted by atomic mass is 16.1. The molecule has 3 heteroatoms. The van der Waals surface area contributed by atoms with E-state index in [-0.39, 0.29) is 12.3 Å². The second-order valence-corrected chi connectivity index (χ2v) is 2.94. The van der Waals surface area contributed by atoms with Crippen LogP contribution in [0.25, 0.3) is 0 Å². The Labute approximate surface area is 81.0 Å². The van der Waals surface area contributed by atoms with Crippen molar-refractivity contribution in [3.05, 3.63) is 41.8 Å². The largest absolute Gasteiger partial charge is 0.332 e. The molecular weight excluding hydrogens is 178 g/mol. The third-order valence-corrected chi connectivity index (χ3v) is 2.11. The van der Waals surface area contributed by atoms with Crippen LogP contribution in [0.15, 0.2) is 36.2 Å². The lowest BCUT2D eigenvalue weighted by Gasteiger charge is -2.09. The molecule has 0 saturated heterocycles. The van der Waals surface area contributed by atoms with E-state index in [2.05, 4.69) is 5.73 Å². The van der Waals surface area contributed by atoms with Crippen molar-refractivity contribution in [1.82, 2.24) is 0 Å². The molecule has 68 valence electrons. The summed E-state index contributed by atoms with van der Waals surface area (Å²) < 4.78 is 0. The van der Waals surface area contributed by atoms with Gasteiger partial charge >= 0.3 is 0 Å². The van der Waals surface area contributed by atoms with E-state index in [1.54, 1.807) is 11.0 Å². The molecule has 0 bridgehead atoms. The van der Waals surface area contributed by atoms with Crippen molar-refractivity contribution in [1.29, 1.82) is 0 Å². The lowest BCUT2D eigenvalue weighted by Crippen LogP contribution is -2.14. The van der Waals surface area contributed by atoms with Crippen LogP contribution in [0.4, 0.5) is 5.69 Å². The lowest BCUT2D eigenvalue weighted by molar-refractivity contribution is 0.101. The summed E-state index contributed by atoms with van der Waals surface area (Å²) in [6, 6.07) is 7.28. The smallest absolute Gasteiger partial charge is 0.184 e. The van der Waals surface area contributed by atoms with E-state index in [0.29, 0.717) is 5.56 Å². The number of anilines is 1. The molecule has 1 aliphatic rings. The van der Waals surface area contributed by atoms with Crippen LogP contribution in [0.3, 0.4) is 0 Å². The van der Waals surface area contributed by atoms with Gasteiger partial charge in [-0.05, 0) is 17.9 Å². The molecule has 0 N–H and O–H groups in total. The molecule has 0 spiro atoms. The van der Waals surface area contributed by atoms with Gasteiger partial charge in [0.05, 0.1) is 18.4 Å². The first-order valence-electron chi connectivity index (χ1n) is 4.18. The summed E-state index contributed by atoms with van der Waals surface area (Å²) in [5.41, 5.74) is 3.81. The molecule has 2 rings (SSSR count). The van der Waals surface area contributed by atoms with E-state index >= 15 is 0 Å². The Kier molecular flexibility index (Phi) is 2.04. The summed E-state index contributed by atoms with van der Waals surface area (Å²) >= 11 is 0. The van der Waals surface area contributed by atoms with Crippen LogP contribution in [0.5, 0.6) is 0 Å². The lowest BCUT2D eigenvalue weighted by atomic mass is 10.1. The van der Waals surface area contributed by atoms with E-state index in [4.69, 9.17) is 0 Å². The fraction of sp³-hybridized carbons (Fsp3) is 0.0909. The van der Waals surface area contributed by atoms with Crippen molar-refractivity contribution in [2.75, 3.05) is 11.4 Å². The zero-order chi connectivity index (χ0) is 9.97. The van der Waals surface area contributed by atoms with E-state index in [1.807, 2.05) is 18.2 Å². The Morgan fingerprint density at radius 1 is 1.36 bits per heavy atom. The number of Topliss-reactive ketones (excluding diaryl/α,β-unsaturated/α-hetero) is 1. The maximum absolute atomic E-state index is 11.5. The van der Waals surface area contributed by atoms with E-state index in [1.165, 1.54) is 12.1 Å². The number of carbonyl (C=O) groups is 1. The molecule has 0 aliphatic carbocycles. The van der Waals surface area contributed by atoms with Crippen LogP contribution < -0.4 is 4.90 Å². The molecule has 1 aliphatic heterocycles. The standard InChI is InChI=1S/C11H7NO2/c13-7-3-6-12-8-11(14)9-4-1-2-5-10(9)12/h1-2,4-6H,8H2. The van der Waals surface area contributed by atoms with E-state index < -0.39 is 0 Å². The summed E-state index contributed by atoms with van der Waals surface area (Å²) in [6.45, 7) is 0.272. The average molecular weight is 185 g/mol. The van der Waals surface area contributed by atoms with Gasteiger partial charge in [-0.3, -0.25) is 4.79 Å². The van der Waals surface area contributed by atoms with E-state index in [9.17, 15) is 9.59 Å². The molecule has 0 saturated carbocycles. The number of rotatable bonds is 1.